The van der Waals surface area contributed by atoms with Crippen molar-refractivity contribution in [2.75, 3.05) is 24.7 Å². The van der Waals surface area contributed by atoms with Crippen LogP contribution < -0.4 is 26.2 Å². The molecule has 3 aromatic rings. The number of carbonyl (C=O) groups excluding carboxylic acids is 1. The van der Waals surface area contributed by atoms with E-state index in [1.165, 1.54) is 49.3 Å². The molecule has 0 bridgehead atoms. The topological polar surface area (TPSA) is 108 Å². The number of phenols is 1. The lowest BCUT2D eigenvalue weighted by Gasteiger charge is -2.34. The molecule has 3 rings (SSSR count). The molecule has 0 fully saturated rings. The number of ether oxygens (including phenoxy) is 1. The maximum Gasteiger partial charge on any atom is 0.573 e. The molecule has 1 unspecified atom stereocenters. The highest BCUT2D eigenvalue weighted by atomic mass is 19.4. The fourth-order valence-corrected chi connectivity index (χ4v) is 3.68. The summed E-state index contributed by atoms with van der Waals surface area (Å²) in [7, 11) is 3.03. The van der Waals surface area contributed by atoms with Gasteiger partial charge in [-0.05, 0) is 35.2 Å². The van der Waals surface area contributed by atoms with Gasteiger partial charge in [-0.2, -0.15) is 0 Å². The zero-order valence-corrected chi connectivity index (χ0v) is 20.3. The molecule has 1 atom stereocenters. The number of halogens is 3. The molecule has 3 aromatic carbocycles. The number of amides is 1. The summed E-state index contributed by atoms with van der Waals surface area (Å²) in [5, 5.41) is 16.3. The summed E-state index contributed by atoms with van der Waals surface area (Å²) in [4.78, 5) is 38.4. The van der Waals surface area contributed by atoms with Crippen molar-refractivity contribution in [3.05, 3.63) is 74.0 Å². The van der Waals surface area contributed by atoms with E-state index >= 15 is 0 Å². The molecule has 0 heterocycles. The van der Waals surface area contributed by atoms with Crippen molar-refractivity contribution in [1.82, 2.24) is 4.90 Å². The molecule has 0 aromatic heterocycles. The van der Waals surface area contributed by atoms with E-state index in [1.807, 2.05) is 20.8 Å². The highest BCUT2D eigenvalue weighted by Crippen LogP contribution is 2.39. The Bertz CT molecular complexity index is 1350. The Balaban J connectivity index is 1.97. The van der Waals surface area contributed by atoms with Crippen molar-refractivity contribution in [3.63, 3.8) is 0 Å². The van der Waals surface area contributed by atoms with E-state index in [9.17, 15) is 32.7 Å². The normalized spacial score (nSPS) is 12.8. The quantitative estimate of drug-likeness (QED) is 0.320. The number of hydrogen-bond donors (Lipinski definition) is 3. The van der Waals surface area contributed by atoms with Gasteiger partial charge in [-0.3, -0.25) is 14.4 Å². The fourth-order valence-electron chi connectivity index (χ4n) is 3.68. The fraction of sp³-hybridized carbons (Fsp3) is 0.320. The lowest BCUT2D eigenvalue weighted by molar-refractivity contribution is -0.274. The molecular formula is C25H26F3N3O5. The number of nitrogens with zero attached hydrogens (tertiary/aromatic N) is 1. The average Bonchev–Trinajstić information content (AvgIpc) is 2.76. The second-order valence-electron chi connectivity index (χ2n) is 9.50. The van der Waals surface area contributed by atoms with E-state index in [0.717, 1.165) is 6.07 Å². The summed E-state index contributed by atoms with van der Waals surface area (Å²) in [5.41, 5.74) is -2.10. The number of phenolic OH excluding ortho intramolecular Hbond substituents is 1. The van der Waals surface area contributed by atoms with E-state index < -0.39 is 46.1 Å². The lowest BCUT2D eigenvalue weighted by atomic mass is 9.82. The second kappa shape index (κ2) is 9.56. The molecule has 0 aliphatic rings. The van der Waals surface area contributed by atoms with E-state index in [-0.39, 0.29) is 22.6 Å². The van der Waals surface area contributed by atoms with E-state index in [4.69, 9.17) is 0 Å². The van der Waals surface area contributed by atoms with Gasteiger partial charge in [0.2, 0.25) is 0 Å². The van der Waals surface area contributed by atoms with Crippen LogP contribution in [0.25, 0.3) is 0 Å². The van der Waals surface area contributed by atoms with Crippen LogP contribution in [-0.2, 0) is 0 Å². The Morgan fingerprint density at radius 2 is 1.61 bits per heavy atom. The minimum Gasteiger partial charge on any atom is -0.505 e. The van der Waals surface area contributed by atoms with Crippen molar-refractivity contribution in [3.8, 4) is 11.5 Å². The van der Waals surface area contributed by atoms with Gasteiger partial charge in [-0.25, -0.2) is 0 Å². The Hall–Kier alpha value is -4.02. The molecule has 11 heteroatoms. The first kappa shape index (κ1) is 26.6. The van der Waals surface area contributed by atoms with Gasteiger partial charge in [0.15, 0.2) is 5.75 Å². The van der Waals surface area contributed by atoms with Crippen molar-refractivity contribution in [2.45, 2.75) is 33.2 Å². The molecule has 0 spiro atoms. The van der Waals surface area contributed by atoms with Gasteiger partial charge in [0.05, 0.1) is 17.3 Å². The molecule has 8 nitrogen and oxygen atoms in total. The van der Waals surface area contributed by atoms with Crippen molar-refractivity contribution in [2.24, 2.45) is 5.41 Å². The van der Waals surface area contributed by atoms with Crippen LogP contribution in [-0.4, -0.2) is 36.4 Å². The van der Waals surface area contributed by atoms with Gasteiger partial charge in [-0.15, -0.1) is 13.2 Å². The maximum atomic E-state index is 12.7. The zero-order chi connectivity index (χ0) is 27.0. The van der Waals surface area contributed by atoms with Crippen LogP contribution in [0.5, 0.6) is 11.5 Å². The number of hydrogen-bond acceptors (Lipinski definition) is 7. The summed E-state index contributed by atoms with van der Waals surface area (Å²) >= 11 is 0. The van der Waals surface area contributed by atoms with Crippen LogP contribution in [0.4, 0.5) is 30.2 Å². The minimum atomic E-state index is -4.87. The van der Waals surface area contributed by atoms with E-state index in [2.05, 4.69) is 15.4 Å². The third-order valence-electron chi connectivity index (χ3n) is 5.42. The summed E-state index contributed by atoms with van der Waals surface area (Å²) in [6.45, 7) is 5.42. The monoisotopic (exact) mass is 505 g/mol. The Labute approximate surface area is 205 Å². The van der Waals surface area contributed by atoms with E-state index in [1.54, 1.807) is 6.07 Å². The highest BCUT2D eigenvalue weighted by molar-refractivity contribution is 5.99. The highest BCUT2D eigenvalue weighted by Gasteiger charge is 2.34. The van der Waals surface area contributed by atoms with Crippen molar-refractivity contribution < 1.29 is 27.8 Å². The third kappa shape index (κ3) is 5.61. The third-order valence-corrected chi connectivity index (χ3v) is 5.42. The molecule has 0 aliphatic heterocycles. The number of nitrogens with one attached hydrogen (secondary N) is 2. The van der Waals surface area contributed by atoms with E-state index in [0.29, 0.717) is 5.56 Å². The van der Waals surface area contributed by atoms with Crippen LogP contribution in [0, 0.1) is 5.41 Å². The standard InChI is InChI=1S/C25H26F3N3O5/c1-24(2,3)22(13-8-6-9-14(12-13)36-25(26,27)28)30-18-17(20(33)21(18)34)29-16-11-7-10-15(19(16)32)23(35)31(4)5/h6-12,22,29-30,32H,1-5H3. The Morgan fingerprint density at radius 1 is 1.00 bits per heavy atom. The number of rotatable bonds is 7. The summed E-state index contributed by atoms with van der Waals surface area (Å²) in [6.07, 6.45) is -4.87. The second-order valence-corrected chi connectivity index (χ2v) is 9.50. The number of carbonyl (C=O) groups is 1. The molecule has 0 saturated heterocycles. The first-order chi connectivity index (χ1) is 16.6. The number of alkyl halides is 3. The van der Waals surface area contributed by atoms with Gasteiger partial charge in [0.25, 0.3) is 16.8 Å². The predicted molar refractivity (Wildman–Crippen MR) is 130 cm³/mol. The largest absolute Gasteiger partial charge is 0.573 e. The van der Waals surface area contributed by atoms with Crippen LogP contribution in [0.15, 0.2) is 52.1 Å². The van der Waals surface area contributed by atoms with Crippen LogP contribution in [0.2, 0.25) is 0 Å². The molecule has 0 radical (unpaired) electrons. The summed E-state index contributed by atoms with van der Waals surface area (Å²) in [5.74, 6) is -1.29. The number of aromatic hydroxyl groups is 1. The number of benzene rings is 2. The first-order valence-electron chi connectivity index (χ1n) is 10.9. The summed E-state index contributed by atoms with van der Waals surface area (Å²) in [6, 6.07) is 8.98. The van der Waals surface area contributed by atoms with Crippen molar-refractivity contribution >= 4 is 23.0 Å². The zero-order valence-electron chi connectivity index (χ0n) is 20.3. The van der Waals surface area contributed by atoms with Crippen LogP contribution in [0.1, 0.15) is 42.7 Å². The molecule has 0 saturated carbocycles. The smallest absolute Gasteiger partial charge is 0.505 e. The predicted octanol–water partition coefficient (Wildman–Crippen LogP) is 4.53. The molecule has 1 amide bonds. The lowest BCUT2D eigenvalue weighted by Crippen LogP contribution is -2.39. The van der Waals surface area contributed by atoms with Gasteiger partial charge < -0.3 is 25.4 Å². The molecule has 36 heavy (non-hydrogen) atoms. The Kier molecular flexibility index (Phi) is 7.06. The maximum absolute atomic E-state index is 12.7. The van der Waals surface area contributed by atoms with Crippen LogP contribution >= 0.6 is 0 Å². The molecule has 192 valence electrons. The van der Waals surface area contributed by atoms with Gasteiger partial charge in [0, 0.05) is 14.1 Å². The number of para-hydroxylation sites is 1. The van der Waals surface area contributed by atoms with Gasteiger partial charge in [0.1, 0.15) is 17.1 Å². The van der Waals surface area contributed by atoms with Crippen LogP contribution in [0.3, 0.4) is 0 Å². The summed E-state index contributed by atoms with van der Waals surface area (Å²) < 4.78 is 42.1. The molecular weight excluding hydrogens is 479 g/mol. The van der Waals surface area contributed by atoms with Gasteiger partial charge in [-0.1, -0.05) is 39.0 Å². The SMILES string of the molecule is CN(C)C(=O)c1cccc(Nc2c(NC(c3cccc(OC(F)(F)F)c3)C(C)(C)C)c(=O)c2=O)c1O. The van der Waals surface area contributed by atoms with Gasteiger partial charge >= 0.3 is 6.36 Å². The minimum absolute atomic E-state index is 0.00717. The number of anilines is 3. The average molecular weight is 505 g/mol. The molecule has 0 aliphatic carbocycles. The first-order valence-corrected chi connectivity index (χ1v) is 10.9. The van der Waals surface area contributed by atoms with Crippen molar-refractivity contribution in [1.29, 1.82) is 0 Å². The molecule has 3 N–H and O–H groups in total. The Morgan fingerprint density at radius 3 is 2.19 bits per heavy atom.